The standard InChI is InChI=1S/C59H66F6N8O8S2/c1-82(76,77)48-21-17-42(18-22-48)66-29-9-11-46-37-50-52(13-7-15-54(50)72(46)40-58(60,61)62)68-44-25-31-70(32-26-44)39-56(74)80-35-5-3-4-6-36-81-57(75)71-33-27-45(28-34-71)69-53-14-8-16-55-51(53)38-47(73(55)41-59(63,64)65)12-10-30-67-43-19-23-49(24-20-43)83(2,78)79/h7-8,13-24,37-38,44-45,66-69H,3-6,25-36,39-41H2,1-2H3. The van der Waals surface area contributed by atoms with E-state index < -0.39 is 51.2 Å². The molecule has 2 fully saturated rings. The summed E-state index contributed by atoms with van der Waals surface area (Å²) in [5.74, 6) is 11.2. The van der Waals surface area contributed by atoms with Gasteiger partial charge in [0.05, 0.1) is 65.1 Å². The maximum absolute atomic E-state index is 13.8. The number of rotatable bonds is 21. The number of alkyl halides is 6. The number of likely N-dealkylation sites (tertiary alicyclic amines) is 2. The van der Waals surface area contributed by atoms with Gasteiger partial charge in [0.2, 0.25) is 0 Å². The van der Waals surface area contributed by atoms with E-state index in [1.165, 1.54) is 24.3 Å². The van der Waals surface area contributed by atoms with Crippen LogP contribution in [0.5, 0.6) is 0 Å². The van der Waals surface area contributed by atoms with Gasteiger partial charge in [0, 0.05) is 84.3 Å². The van der Waals surface area contributed by atoms with Crippen molar-refractivity contribution in [2.24, 2.45) is 0 Å². The molecule has 2 aliphatic rings. The topological polar surface area (TPSA) is 185 Å². The maximum atomic E-state index is 13.8. The van der Waals surface area contributed by atoms with E-state index in [1.807, 2.05) is 17.0 Å². The summed E-state index contributed by atoms with van der Waals surface area (Å²) in [4.78, 5) is 29.7. The Labute approximate surface area is 479 Å². The highest BCUT2D eigenvalue weighted by Gasteiger charge is 2.32. The predicted molar refractivity (Wildman–Crippen MR) is 308 cm³/mol. The third-order valence-electron chi connectivity index (χ3n) is 14.3. The van der Waals surface area contributed by atoms with Crippen LogP contribution < -0.4 is 21.3 Å². The molecule has 0 radical (unpaired) electrons. The predicted octanol–water partition coefficient (Wildman–Crippen LogP) is 10.1. The number of hydrogen-bond donors (Lipinski definition) is 4. The van der Waals surface area contributed by atoms with Crippen molar-refractivity contribution >= 4 is 76.3 Å². The molecular weight excluding hydrogens is 1130 g/mol. The Morgan fingerprint density at radius 3 is 1.42 bits per heavy atom. The fraction of sp³-hybridized carbons (Fsp3) is 0.424. The van der Waals surface area contributed by atoms with Gasteiger partial charge >= 0.3 is 24.4 Å². The number of nitrogens with one attached hydrogen (secondary N) is 4. The van der Waals surface area contributed by atoms with Crippen molar-refractivity contribution in [2.75, 3.05) is 92.8 Å². The molecule has 0 saturated carbocycles. The highest BCUT2D eigenvalue weighted by molar-refractivity contribution is 7.91. The third kappa shape index (κ3) is 18.0. The van der Waals surface area contributed by atoms with Crippen molar-refractivity contribution in [3.63, 3.8) is 0 Å². The van der Waals surface area contributed by atoms with Crippen molar-refractivity contribution in [3.05, 3.63) is 108 Å². The minimum atomic E-state index is -4.50. The third-order valence-corrected chi connectivity index (χ3v) is 16.5. The summed E-state index contributed by atoms with van der Waals surface area (Å²) in [6.45, 7) is 0.498. The fourth-order valence-corrected chi connectivity index (χ4v) is 11.3. The second-order valence-corrected chi connectivity index (χ2v) is 24.7. The smallest absolute Gasteiger partial charge is 0.409 e. The first kappa shape index (κ1) is 61.5. The maximum Gasteiger partial charge on any atom is 0.409 e. The van der Waals surface area contributed by atoms with Crippen molar-refractivity contribution in [3.8, 4) is 23.7 Å². The average Bonchev–Trinajstić information content (AvgIpc) is 4.20. The summed E-state index contributed by atoms with van der Waals surface area (Å²) >= 11 is 0. The first-order valence-corrected chi connectivity index (χ1v) is 31.0. The van der Waals surface area contributed by atoms with E-state index in [2.05, 4.69) is 44.9 Å². The molecule has 2 aromatic heterocycles. The van der Waals surface area contributed by atoms with E-state index in [0.717, 1.165) is 34.5 Å². The Kier molecular flexibility index (Phi) is 20.2. The summed E-state index contributed by atoms with van der Waals surface area (Å²) in [5.41, 5.74) is 3.69. The lowest BCUT2D eigenvalue weighted by molar-refractivity contribution is -0.145. The van der Waals surface area contributed by atoms with Crippen LogP contribution in [0.15, 0.2) is 107 Å². The normalized spacial score (nSPS) is 14.8. The number of aromatic nitrogens is 2. The molecule has 0 spiro atoms. The molecule has 0 atom stereocenters. The number of fused-ring (bicyclic) bond motifs is 2. The van der Waals surface area contributed by atoms with Crippen LogP contribution in [0.2, 0.25) is 0 Å². The van der Waals surface area contributed by atoms with Crippen molar-refractivity contribution < 1.29 is 62.2 Å². The van der Waals surface area contributed by atoms with Crippen LogP contribution in [0.25, 0.3) is 21.8 Å². The van der Waals surface area contributed by atoms with E-state index in [4.69, 9.17) is 9.47 Å². The van der Waals surface area contributed by atoms with E-state index in [9.17, 15) is 52.8 Å². The molecule has 6 aromatic rings. The van der Waals surface area contributed by atoms with Crippen LogP contribution in [-0.4, -0.2) is 144 Å². The van der Waals surface area contributed by atoms with E-state index in [0.29, 0.717) is 109 Å². The zero-order valence-corrected chi connectivity index (χ0v) is 47.6. The molecule has 4 N–H and O–H groups in total. The summed E-state index contributed by atoms with van der Waals surface area (Å²) in [6.07, 6.45) is -1.79. The Morgan fingerprint density at radius 1 is 0.578 bits per heavy atom. The number of amides is 1. The van der Waals surface area contributed by atoms with Gasteiger partial charge in [-0.2, -0.15) is 26.3 Å². The Hall–Kier alpha value is -7.54. The zero-order chi connectivity index (χ0) is 59.4. The van der Waals surface area contributed by atoms with Gasteiger partial charge in [-0.05, 0) is 148 Å². The summed E-state index contributed by atoms with van der Waals surface area (Å²) in [5, 5.41) is 14.3. The fourth-order valence-electron chi connectivity index (χ4n) is 10.0. The number of nitrogens with zero attached hydrogens (tertiary/aromatic N) is 4. The molecule has 8 rings (SSSR count). The molecule has 4 aromatic carbocycles. The first-order valence-electron chi connectivity index (χ1n) is 27.2. The van der Waals surface area contributed by atoms with E-state index >= 15 is 0 Å². The summed E-state index contributed by atoms with van der Waals surface area (Å²) in [6, 6.07) is 25.7. The van der Waals surface area contributed by atoms with E-state index in [1.54, 1.807) is 65.6 Å². The van der Waals surface area contributed by atoms with Crippen LogP contribution in [0, 0.1) is 23.7 Å². The lowest BCUT2D eigenvalue weighted by Gasteiger charge is -2.32. The largest absolute Gasteiger partial charge is 0.465 e. The molecular formula is C59H66F6N8O8S2. The van der Waals surface area contributed by atoms with Gasteiger partial charge < -0.3 is 44.8 Å². The Morgan fingerprint density at radius 2 is 1.00 bits per heavy atom. The minimum absolute atomic E-state index is 0.0124. The number of ether oxygens (including phenoxy) is 2. The van der Waals surface area contributed by atoms with E-state index in [-0.39, 0.29) is 72.1 Å². The first-order chi connectivity index (χ1) is 39.5. The van der Waals surface area contributed by atoms with Gasteiger partial charge in [-0.15, -0.1) is 0 Å². The molecule has 2 saturated heterocycles. The van der Waals surface area contributed by atoms with Gasteiger partial charge in [-0.3, -0.25) is 9.69 Å². The molecule has 0 unspecified atom stereocenters. The van der Waals surface area contributed by atoms with Crippen LogP contribution in [0.3, 0.4) is 0 Å². The molecule has 4 heterocycles. The Balaban J connectivity index is 0.706. The number of piperidine rings is 2. The molecule has 16 nitrogen and oxygen atoms in total. The number of unbranched alkanes of at least 4 members (excludes halogenated alkanes) is 3. The highest BCUT2D eigenvalue weighted by Crippen LogP contribution is 2.34. The molecule has 2 aliphatic heterocycles. The highest BCUT2D eigenvalue weighted by atomic mass is 32.2. The average molecular weight is 1190 g/mol. The van der Waals surface area contributed by atoms with Gasteiger partial charge in [0.1, 0.15) is 13.1 Å². The molecule has 444 valence electrons. The van der Waals surface area contributed by atoms with Crippen molar-refractivity contribution in [2.45, 2.75) is 98.7 Å². The van der Waals surface area contributed by atoms with Crippen LogP contribution >= 0.6 is 0 Å². The molecule has 24 heteroatoms. The number of carbonyl (C=O) groups is 2. The number of hydrogen-bond acceptors (Lipinski definition) is 13. The molecule has 83 heavy (non-hydrogen) atoms. The molecule has 0 aliphatic carbocycles. The van der Waals surface area contributed by atoms with Crippen LogP contribution in [0.1, 0.15) is 62.8 Å². The lowest BCUT2D eigenvalue weighted by Crippen LogP contribution is -2.42. The number of anilines is 4. The summed E-state index contributed by atoms with van der Waals surface area (Å²) < 4.78 is 143. The minimum Gasteiger partial charge on any atom is -0.465 e. The van der Waals surface area contributed by atoms with Crippen molar-refractivity contribution in [1.82, 2.24) is 18.9 Å². The van der Waals surface area contributed by atoms with Gasteiger partial charge in [0.25, 0.3) is 0 Å². The summed E-state index contributed by atoms with van der Waals surface area (Å²) in [7, 11) is -6.72. The van der Waals surface area contributed by atoms with Crippen LogP contribution in [-0.2, 0) is 47.0 Å². The monoisotopic (exact) mass is 1190 g/mol. The van der Waals surface area contributed by atoms with Crippen LogP contribution in [0.4, 0.5) is 53.9 Å². The SMILES string of the molecule is CS(=O)(=O)c1ccc(NCC#Cc2cc3c(NC4CCN(CC(=O)OCCCCCCOC(=O)N5CCC(Nc6cccc7c6cc(C#CCNc6ccc(S(C)(=O)=O)cc6)n7CC(F)(F)F)CC5)CC4)cccc3n2CC(F)(F)F)cc1. The number of halogens is 6. The molecule has 0 bridgehead atoms. The second kappa shape index (κ2) is 27.2. The Bertz CT molecular complexity index is 3590. The van der Waals surface area contributed by atoms with Gasteiger partial charge in [0.15, 0.2) is 19.7 Å². The number of benzene rings is 4. The number of esters is 1. The zero-order valence-electron chi connectivity index (χ0n) is 46.0. The molecule has 1 amide bonds. The number of carbonyl (C=O) groups excluding carboxylic acids is 2. The second-order valence-electron chi connectivity index (χ2n) is 20.7. The van der Waals surface area contributed by atoms with Gasteiger partial charge in [-0.1, -0.05) is 24.0 Å². The van der Waals surface area contributed by atoms with Gasteiger partial charge in [-0.25, -0.2) is 21.6 Å². The number of sulfone groups is 2. The van der Waals surface area contributed by atoms with Crippen molar-refractivity contribution in [1.29, 1.82) is 0 Å². The quantitative estimate of drug-likeness (QED) is 0.0231. The lowest BCUT2D eigenvalue weighted by atomic mass is 10.0.